The van der Waals surface area contributed by atoms with Crippen LogP contribution in [0.25, 0.3) is 6.08 Å². The number of carbonyl (C=O) groups excluding carboxylic acids is 2. The number of hydrogen-bond acceptors (Lipinski definition) is 5. The zero-order chi connectivity index (χ0) is 27.6. The van der Waals surface area contributed by atoms with Gasteiger partial charge in [-0.15, -0.1) is 13.2 Å². The van der Waals surface area contributed by atoms with Crippen molar-refractivity contribution in [1.29, 1.82) is 0 Å². The van der Waals surface area contributed by atoms with Gasteiger partial charge in [-0.2, -0.15) is 0 Å². The third kappa shape index (κ3) is 6.73. The van der Waals surface area contributed by atoms with Crippen LogP contribution in [0.5, 0.6) is 5.75 Å². The maximum absolute atomic E-state index is 13.1. The molecular formula is C29H33F3N4O3. The largest absolute Gasteiger partial charge is 0.573 e. The van der Waals surface area contributed by atoms with Crippen molar-refractivity contribution in [2.45, 2.75) is 31.7 Å². The van der Waals surface area contributed by atoms with Gasteiger partial charge in [0.25, 0.3) is 5.91 Å². The molecule has 1 N–H and O–H groups in total. The average Bonchev–Trinajstić information content (AvgIpc) is 3.33. The van der Waals surface area contributed by atoms with Crippen molar-refractivity contribution in [3.8, 4) is 5.75 Å². The van der Waals surface area contributed by atoms with E-state index in [1.54, 1.807) is 6.08 Å². The van der Waals surface area contributed by atoms with Crippen molar-refractivity contribution < 1.29 is 27.5 Å². The first-order chi connectivity index (χ1) is 18.6. The lowest BCUT2D eigenvalue weighted by molar-refractivity contribution is -0.274. The van der Waals surface area contributed by atoms with Crippen molar-refractivity contribution >= 4 is 23.6 Å². The first-order valence-electron chi connectivity index (χ1n) is 13.2. The normalized spacial score (nSPS) is 23.7. The van der Waals surface area contributed by atoms with E-state index in [0.717, 1.165) is 51.1 Å². The fraction of sp³-hybridized carbons (Fsp3) is 0.448. The fourth-order valence-corrected chi connectivity index (χ4v) is 5.79. The Labute approximate surface area is 226 Å². The Morgan fingerprint density at radius 2 is 1.64 bits per heavy atom. The SMILES string of the molecule is CN1CCN(c2ccc(C(=O)N3CCC4(CC(NC(=O)/C=C/c5ccc(OC(F)(F)F)cc5)C4)C3)cc2)CC1. The number of piperazine rings is 1. The maximum Gasteiger partial charge on any atom is 0.573 e. The van der Waals surface area contributed by atoms with Crippen LogP contribution in [0, 0.1) is 5.41 Å². The zero-order valence-electron chi connectivity index (χ0n) is 21.9. The highest BCUT2D eigenvalue weighted by molar-refractivity contribution is 5.95. The molecule has 0 unspecified atom stereocenters. The molecule has 2 aromatic carbocycles. The lowest BCUT2D eigenvalue weighted by atomic mass is 9.65. The molecule has 3 aliphatic rings. The molecule has 2 aliphatic heterocycles. The number of likely N-dealkylation sites (tertiary alicyclic amines) is 1. The second kappa shape index (κ2) is 10.9. The number of anilines is 1. The molecule has 1 saturated carbocycles. The highest BCUT2D eigenvalue weighted by atomic mass is 19.4. The molecule has 208 valence electrons. The molecule has 2 heterocycles. The molecule has 2 saturated heterocycles. The van der Waals surface area contributed by atoms with E-state index >= 15 is 0 Å². The van der Waals surface area contributed by atoms with Gasteiger partial charge in [-0.3, -0.25) is 9.59 Å². The molecule has 3 fully saturated rings. The van der Waals surface area contributed by atoms with Crippen LogP contribution in [0.15, 0.2) is 54.6 Å². The molecule has 1 aliphatic carbocycles. The fourth-order valence-electron chi connectivity index (χ4n) is 5.79. The van der Waals surface area contributed by atoms with Crippen LogP contribution in [0.4, 0.5) is 18.9 Å². The van der Waals surface area contributed by atoms with Crippen molar-refractivity contribution in [2.24, 2.45) is 5.41 Å². The Morgan fingerprint density at radius 1 is 0.974 bits per heavy atom. The quantitative estimate of drug-likeness (QED) is 0.556. The first kappa shape index (κ1) is 27.1. The van der Waals surface area contributed by atoms with Crippen LogP contribution in [0.3, 0.4) is 0 Å². The predicted molar refractivity (Wildman–Crippen MR) is 142 cm³/mol. The summed E-state index contributed by atoms with van der Waals surface area (Å²) in [6.07, 6.45) is 0.751. The number of halogens is 3. The minimum absolute atomic E-state index is 0.0441. The summed E-state index contributed by atoms with van der Waals surface area (Å²) < 4.78 is 40.7. The highest BCUT2D eigenvalue weighted by Crippen LogP contribution is 2.48. The summed E-state index contributed by atoms with van der Waals surface area (Å²) in [4.78, 5) is 32.1. The Balaban J connectivity index is 1.06. The topological polar surface area (TPSA) is 65.1 Å². The van der Waals surface area contributed by atoms with Crippen LogP contribution >= 0.6 is 0 Å². The Kier molecular flexibility index (Phi) is 7.57. The van der Waals surface area contributed by atoms with Crippen LogP contribution in [0.2, 0.25) is 0 Å². The monoisotopic (exact) mass is 542 g/mol. The van der Waals surface area contributed by atoms with Gasteiger partial charge in [0.05, 0.1) is 0 Å². The summed E-state index contributed by atoms with van der Waals surface area (Å²) in [5, 5.41) is 2.99. The van der Waals surface area contributed by atoms with E-state index in [0.29, 0.717) is 24.2 Å². The molecular weight excluding hydrogens is 509 g/mol. The van der Waals surface area contributed by atoms with E-state index < -0.39 is 6.36 Å². The van der Waals surface area contributed by atoms with Gasteiger partial charge in [0.15, 0.2) is 0 Å². The van der Waals surface area contributed by atoms with Gasteiger partial charge in [0.1, 0.15) is 5.75 Å². The van der Waals surface area contributed by atoms with E-state index in [-0.39, 0.29) is 29.0 Å². The number of likely N-dealkylation sites (N-methyl/N-ethyl adjacent to an activating group) is 1. The predicted octanol–water partition coefficient (Wildman–Crippen LogP) is 4.16. The van der Waals surface area contributed by atoms with Crippen molar-refractivity contribution in [3.05, 3.63) is 65.7 Å². The standard InChI is InChI=1S/C29H33F3N4O3/c1-34-14-16-35(17-15-34)24-7-5-22(6-8-24)27(38)36-13-12-28(20-36)18-23(19-28)33-26(37)11-4-21-2-9-25(10-3-21)39-29(30,31)32/h2-11,23H,12-20H2,1H3,(H,33,37)/b11-4+. The number of hydrogen-bond donors (Lipinski definition) is 1. The molecule has 0 radical (unpaired) electrons. The Morgan fingerprint density at radius 3 is 2.28 bits per heavy atom. The summed E-state index contributed by atoms with van der Waals surface area (Å²) in [5.74, 6) is -0.508. The number of nitrogens with zero attached hydrogens (tertiary/aromatic N) is 3. The van der Waals surface area contributed by atoms with Gasteiger partial charge >= 0.3 is 6.36 Å². The lowest BCUT2D eigenvalue weighted by Crippen LogP contribution is -2.51. The zero-order valence-corrected chi connectivity index (χ0v) is 21.9. The molecule has 5 rings (SSSR count). The summed E-state index contributed by atoms with van der Waals surface area (Å²) in [7, 11) is 2.13. The number of amides is 2. The molecule has 10 heteroatoms. The van der Waals surface area contributed by atoms with Crippen LogP contribution in [-0.4, -0.2) is 80.3 Å². The number of carbonyl (C=O) groups is 2. The first-order valence-corrected chi connectivity index (χ1v) is 13.2. The van der Waals surface area contributed by atoms with Gasteiger partial charge < -0.3 is 24.8 Å². The van der Waals surface area contributed by atoms with E-state index in [9.17, 15) is 22.8 Å². The average molecular weight is 543 g/mol. The minimum Gasteiger partial charge on any atom is -0.406 e. The molecule has 39 heavy (non-hydrogen) atoms. The van der Waals surface area contributed by atoms with Crippen LogP contribution in [0.1, 0.15) is 35.2 Å². The smallest absolute Gasteiger partial charge is 0.406 e. The van der Waals surface area contributed by atoms with Crippen LogP contribution < -0.4 is 15.0 Å². The van der Waals surface area contributed by atoms with Gasteiger partial charge in [-0.25, -0.2) is 0 Å². The maximum atomic E-state index is 13.1. The highest BCUT2D eigenvalue weighted by Gasteiger charge is 2.49. The molecule has 0 aromatic heterocycles. The second-order valence-corrected chi connectivity index (χ2v) is 10.9. The number of benzene rings is 2. The van der Waals surface area contributed by atoms with E-state index in [1.165, 1.54) is 30.3 Å². The van der Waals surface area contributed by atoms with Gasteiger partial charge in [-0.05, 0) is 79.8 Å². The second-order valence-electron chi connectivity index (χ2n) is 10.9. The molecule has 0 atom stereocenters. The molecule has 2 aromatic rings. The Hall–Kier alpha value is -3.53. The third-order valence-electron chi connectivity index (χ3n) is 7.95. The summed E-state index contributed by atoms with van der Waals surface area (Å²) in [5.41, 5.74) is 2.49. The van der Waals surface area contributed by atoms with Crippen molar-refractivity contribution in [1.82, 2.24) is 15.1 Å². The van der Waals surface area contributed by atoms with Crippen molar-refractivity contribution in [2.75, 3.05) is 51.2 Å². The molecule has 0 bridgehead atoms. The minimum atomic E-state index is -4.74. The summed E-state index contributed by atoms with van der Waals surface area (Å²) in [6, 6.07) is 13.3. The third-order valence-corrected chi connectivity index (χ3v) is 7.95. The van der Waals surface area contributed by atoms with E-state index in [4.69, 9.17) is 0 Å². The van der Waals surface area contributed by atoms with Gasteiger partial charge in [0.2, 0.25) is 5.91 Å². The molecule has 7 nitrogen and oxygen atoms in total. The van der Waals surface area contributed by atoms with Gasteiger partial charge in [0, 0.05) is 62.6 Å². The molecule has 1 spiro atoms. The van der Waals surface area contributed by atoms with E-state index in [1.807, 2.05) is 29.2 Å². The summed E-state index contributed by atoms with van der Waals surface area (Å²) >= 11 is 0. The van der Waals surface area contributed by atoms with Crippen LogP contribution in [-0.2, 0) is 4.79 Å². The molecule has 2 amide bonds. The number of rotatable bonds is 6. The van der Waals surface area contributed by atoms with Crippen molar-refractivity contribution in [3.63, 3.8) is 0 Å². The summed E-state index contributed by atoms with van der Waals surface area (Å²) in [6.45, 7) is 5.45. The van der Waals surface area contributed by atoms with E-state index in [2.05, 4.69) is 26.9 Å². The van der Waals surface area contributed by atoms with Gasteiger partial charge in [-0.1, -0.05) is 12.1 Å². The Bertz CT molecular complexity index is 1200. The number of alkyl halides is 3. The number of ether oxygens (including phenoxy) is 1. The lowest BCUT2D eigenvalue weighted by Gasteiger charge is -2.45. The number of nitrogens with one attached hydrogen (secondary N) is 1.